The lowest BCUT2D eigenvalue weighted by atomic mass is 10.00. The fraction of sp³-hybridized carbons (Fsp3) is 0.167. The monoisotopic (exact) mass is 403 g/mol. The van der Waals surface area contributed by atoms with Crippen LogP contribution in [-0.4, -0.2) is 25.3 Å². The topological polar surface area (TPSA) is 73.9 Å². The Labute approximate surface area is 174 Å². The number of esters is 1. The van der Waals surface area contributed by atoms with Crippen LogP contribution in [0, 0.1) is 0 Å². The van der Waals surface area contributed by atoms with E-state index in [0.29, 0.717) is 11.5 Å². The van der Waals surface area contributed by atoms with Crippen molar-refractivity contribution < 1.29 is 23.8 Å². The van der Waals surface area contributed by atoms with Gasteiger partial charge in [-0.3, -0.25) is 4.79 Å². The Morgan fingerprint density at radius 2 is 1.87 bits per heavy atom. The Morgan fingerprint density at radius 3 is 2.77 bits per heavy atom. The zero-order valence-corrected chi connectivity index (χ0v) is 16.5. The SMILES string of the molecule is C[C@@H](NC(=O)COC(=O)/C=C/c1ccc2c(c1)OCO2)c1cccc2ccccc12. The van der Waals surface area contributed by atoms with Crippen molar-refractivity contribution >= 4 is 28.7 Å². The fourth-order valence-corrected chi connectivity index (χ4v) is 3.35. The highest BCUT2D eigenvalue weighted by Crippen LogP contribution is 2.32. The molecule has 30 heavy (non-hydrogen) atoms. The Balaban J connectivity index is 1.30. The Morgan fingerprint density at radius 1 is 1.07 bits per heavy atom. The number of carbonyl (C=O) groups excluding carboxylic acids is 2. The van der Waals surface area contributed by atoms with Crippen LogP contribution in [0.4, 0.5) is 0 Å². The molecule has 6 heteroatoms. The van der Waals surface area contributed by atoms with Gasteiger partial charge in [-0.15, -0.1) is 0 Å². The summed E-state index contributed by atoms with van der Waals surface area (Å²) in [7, 11) is 0. The van der Waals surface area contributed by atoms with Gasteiger partial charge < -0.3 is 19.5 Å². The number of hydrogen-bond donors (Lipinski definition) is 1. The molecule has 1 atom stereocenters. The highest BCUT2D eigenvalue weighted by atomic mass is 16.7. The van der Waals surface area contributed by atoms with Gasteiger partial charge in [-0.2, -0.15) is 0 Å². The molecule has 0 saturated heterocycles. The van der Waals surface area contributed by atoms with Gasteiger partial charge in [0.05, 0.1) is 6.04 Å². The summed E-state index contributed by atoms with van der Waals surface area (Å²) < 4.78 is 15.6. The van der Waals surface area contributed by atoms with Crippen LogP contribution in [0.5, 0.6) is 11.5 Å². The molecule has 6 nitrogen and oxygen atoms in total. The van der Waals surface area contributed by atoms with Crippen molar-refractivity contribution in [3.8, 4) is 11.5 Å². The van der Waals surface area contributed by atoms with Crippen LogP contribution in [0.2, 0.25) is 0 Å². The first-order valence-electron chi connectivity index (χ1n) is 9.61. The van der Waals surface area contributed by atoms with Crippen LogP contribution < -0.4 is 14.8 Å². The molecule has 3 aromatic rings. The number of benzene rings is 3. The molecule has 3 aromatic carbocycles. The molecule has 0 unspecified atom stereocenters. The zero-order valence-electron chi connectivity index (χ0n) is 16.5. The average Bonchev–Trinajstić information content (AvgIpc) is 3.23. The van der Waals surface area contributed by atoms with E-state index in [4.69, 9.17) is 14.2 Å². The van der Waals surface area contributed by atoms with Crippen LogP contribution in [0.3, 0.4) is 0 Å². The summed E-state index contributed by atoms with van der Waals surface area (Å²) in [5.41, 5.74) is 1.78. The van der Waals surface area contributed by atoms with Gasteiger partial charge in [0.2, 0.25) is 6.79 Å². The fourth-order valence-electron chi connectivity index (χ4n) is 3.35. The van der Waals surface area contributed by atoms with Gasteiger partial charge in [-0.05, 0) is 47.0 Å². The maximum atomic E-state index is 12.2. The number of nitrogens with one attached hydrogen (secondary N) is 1. The van der Waals surface area contributed by atoms with Crippen LogP contribution in [0.25, 0.3) is 16.8 Å². The lowest BCUT2D eigenvalue weighted by Gasteiger charge is -2.16. The first-order chi connectivity index (χ1) is 14.6. The second-order valence-corrected chi connectivity index (χ2v) is 6.91. The number of rotatable bonds is 6. The number of amides is 1. The Kier molecular flexibility index (Phi) is 5.66. The summed E-state index contributed by atoms with van der Waals surface area (Å²) in [6.45, 7) is 1.75. The molecule has 0 bridgehead atoms. The minimum Gasteiger partial charge on any atom is -0.454 e. The standard InChI is InChI=1S/C24H21NO5/c1-16(19-8-4-6-18-5-2-3-7-20(18)19)25-23(26)14-28-24(27)12-10-17-9-11-21-22(13-17)30-15-29-21/h2-13,16H,14-15H2,1H3,(H,25,26)/b12-10+/t16-/m1/s1. The van der Waals surface area contributed by atoms with Crippen molar-refractivity contribution in [3.05, 3.63) is 77.9 Å². The number of carbonyl (C=O) groups is 2. The minimum atomic E-state index is -0.597. The normalized spacial score (nSPS) is 13.4. The van der Waals surface area contributed by atoms with E-state index in [-0.39, 0.29) is 25.3 Å². The summed E-state index contributed by atoms with van der Waals surface area (Å²) in [6.07, 6.45) is 2.87. The van der Waals surface area contributed by atoms with E-state index in [1.54, 1.807) is 24.3 Å². The van der Waals surface area contributed by atoms with E-state index >= 15 is 0 Å². The largest absolute Gasteiger partial charge is 0.454 e. The maximum Gasteiger partial charge on any atom is 0.331 e. The second-order valence-electron chi connectivity index (χ2n) is 6.91. The minimum absolute atomic E-state index is 0.191. The molecule has 1 aliphatic rings. The van der Waals surface area contributed by atoms with Gasteiger partial charge in [-0.25, -0.2) is 4.79 Å². The summed E-state index contributed by atoms with van der Waals surface area (Å²) in [5, 5.41) is 5.06. The maximum absolute atomic E-state index is 12.2. The molecule has 0 saturated carbocycles. The Bertz CT molecular complexity index is 1120. The molecule has 0 aromatic heterocycles. The van der Waals surface area contributed by atoms with E-state index in [2.05, 4.69) is 5.32 Å². The van der Waals surface area contributed by atoms with Crippen molar-refractivity contribution in [1.82, 2.24) is 5.32 Å². The Hall–Kier alpha value is -3.80. The van der Waals surface area contributed by atoms with Crippen molar-refractivity contribution in [2.45, 2.75) is 13.0 Å². The van der Waals surface area contributed by atoms with Crippen LogP contribution >= 0.6 is 0 Å². The third-order valence-electron chi connectivity index (χ3n) is 4.82. The number of hydrogen-bond acceptors (Lipinski definition) is 5. The van der Waals surface area contributed by atoms with Crippen molar-refractivity contribution in [2.75, 3.05) is 13.4 Å². The molecule has 0 fully saturated rings. The first kappa shape index (κ1) is 19.5. The molecular formula is C24H21NO5. The van der Waals surface area contributed by atoms with Crippen LogP contribution in [-0.2, 0) is 14.3 Å². The molecule has 1 amide bonds. The predicted molar refractivity (Wildman–Crippen MR) is 113 cm³/mol. The molecule has 1 aliphatic heterocycles. The number of ether oxygens (including phenoxy) is 3. The van der Waals surface area contributed by atoms with Gasteiger partial charge in [-0.1, -0.05) is 48.5 Å². The molecular weight excluding hydrogens is 382 g/mol. The molecule has 0 aliphatic carbocycles. The first-order valence-corrected chi connectivity index (χ1v) is 9.61. The highest BCUT2D eigenvalue weighted by molar-refractivity contribution is 5.90. The van der Waals surface area contributed by atoms with E-state index in [0.717, 1.165) is 21.9 Å². The van der Waals surface area contributed by atoms with Crippen molar-refractivity contribution in [3.63, 3.8) is 0 Å². The number of fused-ring (bicyclic) bond motifs is 2. The van der Waals surface area contributed by atoms with Crippen LogP contribution in [0.1, 0.15) is 24.1 Å². The van der Waals surface area contributed by atoms with Gasteiger partial charge in [0.15, 0.2) is 18.1 Å². The molecule has 0 spiro atoms. The molecule has 152 valence electrons. The highest BCUT2D eigenvalue weighted by Gasteiger charge is 2.14. The predicted octanol–water partition coefficient (Wildman–Crippen LogP) is 4.00. The van der Waals surface area contributed by atoms with Crippen LogP contribution in [0.15, 0.2) is 66.7 Å². The molecule has 0 radical (unpaired) electrons. The molecule has 1 N–H and O–H groups in total. The van der Waals surface area contributed by atoms with Gasteiger partial charge in [0.1, 0.15) is 0 Å². The second kappa shape index (κ2) is 8.69. The van der Waals surface area contributed by atoms with Gasteiger partial charge in [0, 0.05) is 6.08 Å². The van der Waals surface area contributed by atoms with Gasteiger partial charge in [0.25, 0.3) is 5.91 Å². The summed E-state index contributed by atoms with van der Waals surface area (Å²) in [5.74, 6) is 0.347. The summed E-state index contributed by atoms with van der Waals surface area (Å²) >= 11 is 0. The van der Waals surface area contributed by atoms with E-state index in [1.807, 2.05) is 49.4 Å². The van der Waals surface area contributed by atoms with E-state index < -0.39 is 5.97 Å². The average molecular weight is 403 g/mol. The summed E-state index contributed by atoms with van der Waals surface area (Å²) in [4.78, 5) is 24.2. The van der Waals surface area contributed by atoms with E-state index in [1.165, 1.54) is 6.08 Å². The molecule has 4 rings (SSSR count). The zero-order chi connectivity index (χ0) is 20.9. The summed E-state index contributed by atoms with van der Waals surface area (Å²) in [6, 6.07) is 19.1. The third-order valence-corrected chi connectivity index (χ3v) is 4.82. The lowest BCUT2D eigenvalue weighted by molar-refractivity contribution is -0.144. The molecule has 1 heterocycles. The quantitative estimate of drug-likeness (QED) is 0.497. The lowest BCUT2D eigenvalue weighted by Crippen LogP contribution is -2.31. The van der Waals surface area contributed by atoms with Gasteiger partial charge >= 0.3 is 5.97 Å². The van der Waals surface area contributed by atoms with Crippen molar-refractivity contribution in [2.24, 2.45) is 0 Å². The van der Waals surface area contributed by atoms with E-state index in [9.17, 15) is 9.59 Å². The smallest absolute Gasteiger partial charge is 0.331 e. The van der Waals surface area contributed by atoms with Crippen molar-refractivity contribution in [1.29, 1.82) is 0 Å². The third kappa shape index (κ3) is 4.43.